The van der Waals surface area contributed by atoms with E-state index in [0.29, 0.717) is 17.9 Å². The summed E-state index contributed by atoms with van der Waals surface area (Å²) in [6, 6.07) is 18.3. The van der Waals surface area contributed by atoms with E-state index in [0.717, 1.165) is 24.1 Å². The van der Waals surface area contributed by atoms with Crippen molar-refractivity contribution in [2.24, 2.45) is 5.92 Å². The molecule has 29 heavy (non-hydrogen) atoms. The fourth-order valence-corrected chi connectivity index (χ4v) is 3.96. The summed E-state index contributed by atoms with van der Waals surface area (Å²) in [5.74, 6) is 1.50. The van der Waals surface area contributed by atoms with Gasteiger partial charge in [-0.1, -0.05) is 30.3 Å². The lowest BCUT2D eigenvalue weighted by Crippen LogP contribution is -3.00. The molecular weight excluding hydrogens is 430 g/mol. The zero-order valence-corrected chi connectivity index (χ0v) is 18.2. The third-order valence-corrected chi connectivity index (χ3v) is 5.39. The van der Waals surface area contributed by atoms with E-state index in [2.05, 4.69) is 53.4 Å². The fraction of sp³-hybridized carbons (Fsp3) is 0.250. The number of Topliss-reactive ketones (excluding diaryl/α,β-unsaturated/α-hetero) is 1. The number of halogens is 1. The van der Waals surface area contributed by atoms with Gasteiger partial charge >= 0.3 is 0 Å². The minimum atomic E-state index is -0.0546. The Bertz CT molecular complexity index is 987. The van der Waals surface area contributed by atoms with Gasteiger partial charge in [-0.25, -0.2) is 4.57 Å². The lowest BCUT2D eigenvalue weighted by molar-refractivity contribution is -0.688. The van der Waals surface area contributed by atoms with Crippen LogP contribution in [0.5, 0.6) is 11.5 Å². The number of aromatic nitrogens is 1. The van der Waals surface area contributed by atoms with Gasteiger partial charge in [0.15, 0.2) is 36.2 Å². The first-order chi connectivity index (χ1) is 13.7. The molecule has 0 saturated carbocycles. The van der Waals surface area contributed by atoms with Crippen LogP contribution in [-0.4, -0.2) is 20.0 Å². The molecule has 1 heterocycles. The van der Waals surface area contributed by atoms with Crippen LogP contribution in [-0.2, 0) is 19.4 Å². The Labute approximate surface area is 181 Å². The summed E-state index contributed by atoms with van der Waals surface area (Å²) in [5, 5.41) is 0. The molecule has 4 nitrogen and oxygen atoms in total. The van der Waals surface area contributed by atoms with E-state index < -0.39 is 0 Å². The molecule has 0 amide bonds. The van der Waals surface area contributed by atoms with Gasteiger partial charge in [-0.05, 0) is 30.5 Å². The van der Waals surface area contributed by atoms with Gasteiger partial charge in [-0.2, -0.15) is 0 Å². The molecule has 1 atom stereocenters. The summed E-state index contributed by atoms with van der Waals surface area (Å²) < 4.78 is 13.0. The van der Waals surface area contributed by atoms with Crippen LogP contribution in [0.3, 0.4) is 0 Å². The van der Waals surface area contributed by atoms with E-state index >= 15 is 0 Å². The molecule has 1 aromatic heterocycles. The predicted octanol–water partition coefficient (Wildman–Crippen LogP) is 0.641. The molecule has 2 aromatic carbocycles. The van der Waals surface area contributed by atoms with Crippen LogP contribution in [0.15, 0.2) is 67.0 Å². The molecule has 0 bridgehead atoms. The number of benzene rings is 2. The van der Waals surface area contributed by atoms with Crippen LogP contribution in [0.2, 0.25) is 0 Å². The number of hydrogen-bond acceptors (Lipinski definition) is 3. The lowest BCUT2D eigenvalue weighted by atomic mass is 9.96. The highest BCUT2D eigenvalue weighted by atomic mass is 79.9. The van der Waals surface area contributed by atoms with E-state index in [9.17, 15) is 4.79 Å². The van der Waals surface area contributed by atoms with Gasteiger partial charge in [-0.15, -0.1) is 0 Å². The Morgan fingerprint density at radius 3 is 2.31 bits per heavy atom. The molecule has 0 spiro atoms. The smallest absolute Gasteiger partial charge is 0.173 e. The van der Waals surface area contributed by atoms with Crippen LogP contribution in [0.4, 0.5) is 0 Å². The van der Waals surface area contributed by atoms with Gasteiger partial charge in [0.2, 0.25) is 0 Å². The normalized spacial score (nSPS) is 14.8. The maximum atomic E-state index is 12.9. The number of carbonyl (C=O) groups excluding carboxylic acids is 1. The van der Waals surface area contributed by atoms with Crippen molar-refractivity contribution in [1.82, 2.24) is 0 Å². The minimum Gasteiger partial charge on any atom is -1.00 e. The second kappa shape index (κ2) is 9.23. The molecule has 0 saturated heterocycles. The summed E-state index contributed by atoms with van der Waals surface area (Å²) in [7, 11) is 3.24. The summed E-state index contributed by atoms with van der Waals surface area (Å²) in [5.41, 5.74) is 4.16. The van der Waals surface area contributed by atoms with Crippen LogP contribution in [0.1, 0.15) is 27.0 Å². The van der Waals surface area contributed by atoms with Crippen LogP contribution in [0, 0.1) is 5.92 Å². The largest absolute Gasteiger partial charge is 1.00 e. The highest BCUT2D eigenvalue weighted by molar-refractivity contribution is 6.03. The number of ether oxygens (including phenoxy) is 2. The Balaban J connectivity index is 0.00000240. The molecule has 3 aromatic rings. The van der Waals surface area contributed by atoms with Crippen molar-refractivity contribution in [2.45, 2.75) is 19.4 Å². The van der Waals surface area contributed by atoms with E-state index in [1.165, 1.54) is 11.1 Å². The number of methoxy groups -OCH3 is 2. The summed E-state index contributed by atoms with van der Waals surface area (Å²) >= 11 is 0. The van der Waals surface area contributed by atoms with Crippen molar-refractivity contribution >= 4 is 5.78 Å². The van der Waals surface area contributed by atoms with E-state index in [1.807, 2.05) is 18.2 Å². The maximum Gasteiger partial charge on any atom is 0.173 e. The van der Waals surface area contributed by atoms with Gasteiger partial charge in [0.25, 0.3) is 0 Å². The number of hydrogen-bond donors (Lipinski definition) is 0. The molecule has 0 fully saturated rings. The summed E-state index contributed by atoms with van der Waals surface area (Å²) in [6.07, 6.45) is 5.58. The number of fused-ring (bicyclic) bond motifs is 1. The molecule has 150 valence electrons. The highest BCUT2D eigenvalue weighted by Crippen LogP contribution is 2.40. The lowest BCUT2D eigenvalue weighted by Gasteiger charge is -2.11. The Kier molecular flexibility index (Phi) is 6.70. The number of pyridine rings is 1. The monoisotopic (exact) mass is 453 g/mol. The number of nitrogens with zero attached hydrogens (tertiary/aromatic N) is 1. The molecule has 0 radical (unpaired) electrons. The van der Waals surface area contributed by atoms with Crippen LogP contribution in [0.25, 0.3) is 0 Å². The Morgan fingerprint density at radius 2 is 1.66 bits per heavy atom. The van der Waals surface area contributed by atoms with Crippen molar-refractivity contribution in [2.75, 3.05) is 14.2 Å². The highest BCUT2D eigenvalue weighted by Gasteiger charge is 2.34. The zero-order chi connectivity index (χ0) is 19.5. The van der Waals surface area contributed by atoms with Gasteiger partial charge < -0.3 is 26.5 Å². The number of rotatable bonds is 6. The number of ketones is 1. The zero-order valence-electron chi connectivity index (χ0n) is 16.6. The van der Waals surface area contributed by atoms with Crippen molar-refractivity contribution in [1.29, 1.82) is 0 Å². The average molecular weight is 454 g/mol. The van der Waals surface area contributed by atoms with Crippen LogP contribution >= 0.6 is 0 Å². The average Bonchev–Trinajstić information content (AvgIpc) is 3.05. The summed E-state index contributed by atoms with van der Waals surface area (Å²) in [4.78, 5) is 12.9. The topological polar surface area (TPSA) is 39.4 Å². The standard InChI is InChI=1S/C24H24NO3.BrH/c1-27-22-9-8-20-21(24(22)28-2)15-19(23(20)26)14-17-10-12-25(13-11-17)16-18-6-4-3-5-7-18;/h3-13,19H,14-16H2,1-2H3;1H/q+1;/p-1. The summed E-state index contributed by atoms with van der Waals surface area (Å²) in [6.45, 7) is 0.839. The third-order valence-electron chi connectivity index (χ3n) is 5.39. The molecule has 4 rings (SSSR count). The van der Waals surface area contributed by atoms with Crippen molar-refractivity contribution < 1.29 is 35.8 Å². The Morgan fingerprint density at radius 1 is 0.931 bits per heavy atom. The SMILES string of the molecule is COc1ccc2c(c1OC)CC(Cc1cc[n+](Cc3ccccc3)cc1)C2=O.[Br-]. The van der Waals surface area contributed by atoms with Gasteiger partial charge in [0.1, 0.15) is 0 Å². The number of carbonyl (C=O) groups is 1. The molecule has 1 aliphatic rings. The third kappa shape index (κ3) is 4.35. The van der Waals surface area contributed by atoms with Crippen molar-refractivity contribution in [3.63, 3.8) is 0 Å². The molecule has 0 aliphatic heterocycles. The molecule has 1 aliphatic carbocycles. The second-order valence-electron chi connectivity index (χ2n) is 7.16. The Hall–Kier alpha value is -2.66. The minimum absolute atomic E-state index is 0. The van der Waals surface area contributed by atoms with Crippen molar-refractivity contribution in [3.8, 4) is 11.5 Å². The predicted molar refractivity (Wildman–Crippen MR) is 107 cm³/mol. The van der Waals surface area contributed by atoms with Crippen molar-refractivity contribution in [3.05, 3.63) is 89.2 Å². The van der Waals surface area contributed by atoms with E-state index in [4.69, 9.17) is 9.47 Å². The van der Waals surface area contributed by atoms with E-state index in [-0.39, 0.29) is 28.7 Å². The molecule has 5 heteroatoms. The van der Waals surface area contributed by atoms with Gasteiger partial charge in [0, 0.05) is 34.7 Å². The van der Waals surface area contributed by atoms with E-state index in [1.54, 1.807) is 14.2 Å². The van der Waals surface area contributed by atoms with Gasteiger partial charge in [0.05, 0.1) is 14.2 Å². The maximum absolute atomic E-state index is 12.9. The fourth-order valence-electron chi connectivity index (χ4n) is 3.96. The first-order valence-electron chi connectivity index (χ1n) is 9.49. The molecule has 1 unspecified atom stereocenters. The first-order valence-corrected chi connectivity index (χ1v) is 9.49. The quantitative estimate of drug-likeness (QED) is 0.514. The van der Waals surface area contributed by atoms with Crippen LogP contribution < -0.4 is 31.0 Å². The first kappa shape index (κ1) is 21.1. The molecule has 0 N–H and O–H groups in total. The second-order valence-corrected chi connectivity index (χ2v) is 7.16. The molecular formula is C24H24BrNO3. The van der Waals surface area contributed by atoms with Gasteiger partial charge in [-0.3, -0.25) is 4.79 Å².